The largest absolute Gasteiger partial charge is 0.352 e. The zero-order chi connectivity index (χ0) is 11.4. The predicted octanol–water partition coefficient (Wildman–Crippen LogP) is 3.29. The second-order valence-electron chi connectivity index (χ2n) is 4.32. The van der Waals surface area contributed by atoms with Crippen LogP contribution < -0.4 is 4.90 Å². The van der Waals surface area contributed by atoms with Crippen molar-refractivity contribution in [2.45, 2.75) is 45.1 Å². The molecule has 4 heteroatoms. The molecule has 0 spiro atoms. The molecular formula is C12H18ClN3. The van der Waals surface area contributed by atoms with Crippen molar-refractivity contribution >= 4 is 17.4 Å². The number of hydrogen-bond acceptors (Lipinski definition) is 3. The fourth-order valence-corrected chi connectivity index (χ4v) is 2.47. The smallest absolute Gasteiger partial charge is 0.151 e. The van der Waals surface area contributed by atoms with Crippen LogP contribution in [-0.4, -0.2) is 22.8 Å². The van der Waals surface area contributed by atoms with E-state index in [0.717, 1.165) is 12.4 Å². The van der Waals surface area contributed by atoms with Gasteiger partial charge in [0.05, 0.1) is 0 Å². The van der Waals surface area contributed by atoms with Gasteiger partial charge in [0.25, 0.3) is 0 Å². The monoisotopic (exact) mass is 239 g/mol. The Hall–Kier alpha value is -0.830. The molecule has 3 nitrogen and oxygen atoms in total. The normalized spacial score (nSPS) is 21.9. The van der Waals surface area contributed by atoms with Gasteiger partial charge in [-0.2, -0.15) is 0 Å². The Morgan fingerprint density at radius 2 is 2.19 bits per heavy atom. The van der Waals surface area contributed by atoms with Gasteiger partial charge in [-0.05, 0) is 31.4 Å². The van der Waals surface area contributed by atoms with Gasteiger partial charge >= 0.3 is 0 Å². The number of rotatable bonds is 2. The Morgan fingerprint density at radius 3 is 2.88 bits per heavy atom. The summed E-state index contributed by atoms with van der Waals surface area (Å²) in [5.41, 5.74) is 0. The average Bonchev–Trinajstić information content (AvgIpc) is 2.55. The van der Waals surface area contributed by atoms with E-state index in [0.29, 0.717) is 11.2 Å². The maximum atomic E-state index is 5.76. The molecule has 16 heavy (non-hydrogen) atoms. The molecule has 0 N–H and O–H groups in total. The van der Waals surface area contributed by atoms with E-state index in [9.17, 15) is 0 Å². The van der Waals surface area contributed by atoms with Crippen LogP contribution in [0.4, 0.5) is 5.82 Å². The highest BCUT2D eigenvalue weighted by atomic mass is 35.5. The number of aromatic nitrogens is 2. The molecule has 1 aliphatic rings. The number of halogens is 1. The van der Waals surface area contributed by atoms with E-state index in [2.05, 4.69) is 22.0 Å². The van der Waals surface area contributed by atoms with Crippen molar-refractivity contribution in [2.75, 3.05) is 11.4 Å². The lowest BCUT2D eigenvalue weighted by atomic mass is 10.1. The van der Waals surface area contributed by atoms with Gasteiger partial charge in [-0.1, -0.05) is 31.4 Å². The van der Waals surface area contributed by atoms with E-state index in [1.54, 1.807) is 0 Å². The van der Waals surface area contributed by atoms with E-state index in [-0.39, 0.29) is 0 Å². The first-order valence-corrected chi connectivity index (χ1v) is 6.45. The Kier molecular flexibility index (Phi) is 3.99. The molecule has 1 aliphatic heterocycles. The molecule has 0 aliphatic carbocycles. The lowest BCUT2D eigenvalue weighted by Crippen LogP contribution is -2.35. The Morgan fingerprint density at radius 1 is 1.31 bits per heavy atom. The van der Waals surface area contributed by atoms with Gasteiger partial charge in [-0.25, -0.2) is 0 Å². The lowest BCUT2D eigenvalue weighted by Gasteiger charge is -2.29. The van der Waals surface area contributed by atoms with Crippen LogP contribution in [-0.2, 0) is 0 Å². The van der Waals surface area contributed by atoms with Crippen LogP contribution in [0, 0.1) is 0 Å². The Balaban J connectivity index is 2.18. The third kappa shape index (κ3) is 2.64. The van der Waals surface area contributed by atoms with E-state index in [4.69, 9.17) is 11.6 Å². The minimum absolute atomic E-state index is 0.464. The van der Waals surface area contributed by atoms with Crippen molar-refractivity contribution in [1.29, 1.82) is 0 Å². The topological polar surface area (TPSA) is 29.0 Å². The molecule has 1 unspecified atom stereocenters. The number of nitrogens with zero attached hydrogens (tertiary/aromatic N) is 3. The summed E-state index contributed by atoms with van der Waals surface area (Å²) in [6, 6.07) is 4.41. The molecule has 1 aromatic heterocycles. The van der Waals surface area contributed by atoms with Crippen LogP contribution in [0.5, 0.6) is 0 Å². The summed E-state index contributed by atoms with van der Waals surface area (Å²) in [6.07, 6.45) is 6.34. The SMILES string of the molecule is CCC1CCCCCN1c1ccc(Cl)nn1. The molecule has 1 aromatic rings. The minimum Gasteiger partial charge on any atom is -0.352 e. The summed E-state index contributed by atoms with van der Waals surface area (Å²) < 4.78 is 0. The van der Waals surface area contributed by atoms with Gasteiger partial charge in [0.15, 0.2) is 11.0 Å². The molecule has 0 bridgehead atoms. The van der Waals surface area contributed by atoms with Crippen LogP contribution in [0.1, 0.15) is 39.0 Å². The summed E-state index contributed by atoms with van der Waals surface area (Å²) in [5.74, 6) is 0.971. The van der Waals surface area contributed by atoms with Crippen molar-refractivity contribution < 1.29 is 0 Å². The third-order valence-corrected chi connectivity index (χ3v) is 3.46. The van der Waals surface area contributed by atoms with Gasteiger partial charge in [-0.3, -0.25) is 0 Å². The predicted molar refractivity (Wildman–Crippen MR) is 66.9 cm³/mol. The maximum absolute atomic E-state index is 5.76. The van der Waals surface area contributed by atoms with Gasteiger partial charge in [0.1, 0.15) is 0 Å². The quantitative estimate of drug-likeness (QED) is 0.793. The first-order chi connectivity index (χ1) is 7.81. The van der Waals surface area contributed by atoms with E-state index < -0.39 is 0 Å². The highest BCUT2D eigenvalue weighted by Crippen LogP contribution is 2.24. The van der Waals surface area contributed by atoms with E-state index in [1.807, 2.05) is 12.1 Å². The summed E-state index contributed by atoms with van der Waals surface area (Å²) in [5, 5.41) is 8.58. The average molecular weight is 240 g/mol. The fraction of sp³-hybridized carbons (Fsp3) is 0.667. The standard InChI is InChI=1S/C12H18ClN3/c1-2-10-6-4-3-5-9-16(10)12-8-7-11(13)14-15-12/h7-8,10H,2-6,9H2,1H3. The van der Waals surface area contributed by atoms with Gasteiger partial charge in [0, 0.05) is 12.6 Å². The molecule has 2 rings (SSSR count). The van der Waals surface area contributed by atoms with Gasteiger partial charge in [-0.15, -0.1) is 10.2 Å². The first kappa shape index (κ1) is 11.6. The van der Waals surface area contributed by atoms with Gasteiger partial charge in [0.2, 0.25) is 0 Å². The van der Waals surface area contributed by atoms with Crippen LogP contribution in [0.3, 0.4) is 0 Å². The van der Waals surface area contributed by atoms with Crippen LogP contribution >= 0.6 is 11.6 Å². The van der Waals surface area contributed by atoms with Crippen molar-refractivity contribution in [3.63, 3.8) is 0 Å². The van der Waals surface area contributed by atoms with Crippen molar-refractivity contribution in [1.82, 2.24) is 10.2 Å². The van der Waals surface area contributed by atoms with Crippen LogP contribution in [0.2, 0.25) is 5.15 Å². The molecule has 0 aromatic carbocycles. The highest BCUT2D eigenvalue weighted by Gasteiger charge is 2.20. The minimum atomic E-state index is 0.464. The fourth-order valence-electron chi connectivity index (χ4n) is 2.37. The molecule has 1 saturated heterocycles. The Labute approximate surface area is 102 Å². The molecule has 1 atom stereocenters. The molecule has 2 heterocycles. The zero-order valence-electron chi connectivity index (χ0n) is 9.69. The third-order valence-electron chi connectivity index (χ3n) is 3.26. The van der Waals surface area contributed by atoms with E-state index in [1.165, 1.54) is 32.1 Å². The first-order valence-electron chi connectivity index (χ1n) is 6.07. The van der Waals surface area contributed by atoms with Crippen molar-refractivity contribution in [2.24, 2.45) is 0 Å². The highest BCUT2D eigenvalue weighted by molar-refractivity contribution is 6.29. The van der Waals surface area contributed by atoms with Gasteiger partial charge < -0.3 is 4.90 Å². The number of anilines is 1. The molecule has 88 valence electrons. The maximum Gasteiger partial charge on any atom is 0.151 e. The summed E-state index contributed by atoms with van der Waals surface area (Å²) >= 11 is 5.76. The number of hydrogen-bond donors (Lipinski definition) is 0. The van der Waals surface area contributed by atoms with Crippen LogP contribution in [0.15, 0.2) is 12.1 Å². The molecule has 0 amide bonds. The van der Waals surface area contributed by atoms with Crippen molar-refractivity contribution in [3.8, 4) is 0 Å². The second kappa shape index (κ2) is 5.48. The summed E-state index contributed by atoms with van der Waals surface area (Å²) in [4.78, 5) is 2.39. The van der Waals surface area contributed by atoms with E-state index >= 15 is 0 Å². The Bertz CT molecular complexity index is 326. The summed E-state index contributed by atoms with van der Waals surface area (Å²) in [6.45, 7) is 3.33. The lowest BCUT2D eigenvalue weighted by molar-refractivity contribution is 0.550. The summed E-state index contributed by atoms with van der Waals surface area (Å²) in [7, 11) is 0. The molecular weight excluding hydrogens is 222 g/mol. The zero-order valence-corrected chi connectivity index (χ0v) is 10.5. The second-order valence-corrected chi connectivity index (χ2v) is 4.71. The van der Waals surface area contributed by atoms with Crippen LogP contribution in [0.25, 0.3) is 0 Å². The molecule has 1 fully saturated rings. The molecule has 0 saturated carbocycles. The van der Waals surface area contributed by atoms with Crippen molar-refractivity contribution in [3.05, 3.63) is 17.3 Å². The molecule has 0 radical (unpaired) electrons.